The first kappa shape index (κ1) is 13.8. The van der Waals surface area contributed by atoms with Gasteiger partial charge in [-0.2, -0.15) is 0 Å². The van der Waals surface area contributed by atoms with Crippen molar-refractivity contribution in [2.24, 2.45) is 16.7 Å². The fourth-order valence-corrected chi connectivity index (χ4v) is 4.96. The molecule has 0 saturated heterocycles. The molecular formula is C16H21BrClN. The van der Waals surface area contributed by atoms with Crippen LogP contribution in [0.2, 0.25) is 5.02 Å². The average Bonchev–Trinajstić information content (AvgIpc) is 2.80. The molecule has 0 spiro atoms. The molecule has 1 aromatic carbocycles. The Balaban J connectivity index is 1.92. The van der Waals surface area contributed by atoms with E-state index in [1.165, 1.54) is 19.3 Å². The van der Waals surface area contributed by atoms with E-state index in [9.17, 15) is 0 Å². The zero-order valence-corrected chi connectivity index (χ0v) is 14.1. The maximum atomic E-state index is 6.13. The third-order valence-electron chi connectivity index (χ3n) is 5.50. The van der Waals surface area contributed by atoms with Crippen LogP contribution >= 0.6 is 27.5 Å². The Morgan fingerprint density at radius 3 is 2.68 bits per heavy atom. The predicted octanol–water partition coefficient (Wildman–Crippen LogP) is 5.73. The van der Waals surface area contributed by atoms with Crippen molar-refractivity contribution >= 4 is 33.2 Å². The molecular weight excluding hydrogens is 322 g/mol. The summed E-state index contributed by atoms with van der Waals surface area (Å²) in [6.07, 6.45) is 4.09. The zero-order valence-electron chi connectivity index (χ0n) is 11.8. The topological polar surface area (TPSA) is 12.0 Å². The van der Waals surface area contributed by atoms with Gasteiger partial charge in [-0.15, -0.1) is 0 Å². The van der Waals surface area contributed by atoms with Crippen LogP contribution in [0, 0.1) is 16.7 Å². The third-order valence-corrected chi connectivity index (χ3v) is 6.42. The van der Waals surface area contributed by atoms with Crippen molar-refractivity contribution in [3.8, 4) is 0 Å². The monoisotopic (exact) mass is 341 g/mol. The minimum atomic E-state index is 0.356. The van der Waals surface area contributed by atoms with E-state index in [0.717, 1.165) is 21.1 Å². The molecule has 2 bridgehead atoms. The highest BCUT2D eigenvalue weighted by molar-refractivity contribution is 9.10. The molecule has 0 radical (unpaired) electrons. The van der Waals surface area contributed by atoms with Crippen molar-refractivity contribution in [3.63, 3.8) is 0 Å². The van der Waals surface area contributed by atoms with Gasteiger partial charge in [0.25, 0.3) is 0 Å². The Morgan fingerprint density at radius 1 is 1.32 bits per heavy atom. The summed E-state index contributed by atoms with van der Waals surface area (Å²) in [5.41, 5.74) is 1.91. The van der Waals surface area contributed by atoms with Crippen molar-refractivity contribution < 1.29 is 0 Å². The van der Waals surface area contributed by atoms with Crippen molar-refractivity contribution in [1.29, 1.82) is 0 Å². The Bertz CT molecular complexity index is 509. The van der Waals surface area contributed by atoms with Crippen LogP contribution in [-0.4, -0.2) is 6.04 Å². The maximum absolute atomic E-state index is 6.13. The van der Waals surface area contributed by atoms with E-state index < -0.39 is 0 Å². The number of benzene rings is 1. The molecule has 2 fully saturated rings. The highest BCUT2D eigenvalue weighted by Gasteiger charge is 2.59. The standard InChI is InChI=1S/C16H21BrClN/c1-15(2)10-6-7-16(3,9-10)14(15)19-13-8-11(18)4-5-12(13)17/h4-5,8,10,14,19H,6-7,9H2,1-3H3. The first-order chi connectivity index (χ1) is 8.83. The molecule has 3 heteroatoms. The van der Waals surface area contributed by atoms with Gasteiger partial charge < -0.3 is 5.32 Å². The molecule has 0 aromatic heterocycles. The summed E-state index contributed by atoms with van der Waals surface area (Å²) in [7, 11) is 0. The maximum Gasteiger partial charge on any atom is 0.0502 e. The van der Waals surface area contributed by atoms with Crippen molar-refractivity contribution in [2.75, 3.05) is 5.32 Å². The van der Waals surface area contributed by atoms with Crippen LogP contribution in [0.25, 0.3) is 0 Å². The van der Waals surface area contributed by atoms with Gasteiger partial charge in [0.2, 0.25) is 0 Å². The van der Waals surface area contributed by atoms with E-state index >= 15 is 0 Å². The number of hydrogen-bond donors (Lipinski definition) is 1. The van der Waals surface area contributed by atoms with E-state index in [1.807, 2.05) is 18.2 Å². The van der Waals surface area contributed by atoms with E-state index in [2.05, 4.69) is 42.0 Å². The highest BCUT2D eigenvalue weighted by Crippen LogP contribution is 2.63. The summed E-state index contributed by atoms with van der Waals surface area (Å²) in [5.74, 6) is 0.855. The lowest BCUT2D eigenvalue weighted by Gasteiger charge is -2.43. The number of anilines is 1. The van der Waals surface area contributed by atoms with Crippen LogP contribution in [0.4, 0.5) is 5.69 Å². The largest absolute Gasteiger partial charge is 0.380 e. The second-order valence-electron chi connectivity index (χ2n) is 7.12. The highest BCUT2D eigenvalue weighted by atomic mass is 79.9. The van der Waals surface area contributed by atoms with Crippen LogP contribution in [0.5, 0.6) is 0 Å². The lowest BCUT2D eigenvalue weighted by Crippen LogP contribution is -2.45. The minimum absolute atomic E-state index is 0.356. The second-order valence-corrected chi connectivity index (χ2v) is 8.41. The normalized spacial score (nSPS) is 35.6. The Morgan fingerprint density at radius 2 is 2.05 bits per heavy atom. The summed E-state index contributed by atoms with van der Waals surface area (Å²) in [4.78, 5) is 0. The van der Waals surface area contributed by atoms with Crippen LogP contribution < -0.4 is 5.32 Å². The van der Waals surface area contributed by atoms with Crippen LogP contribution in [0.15, 0.2) is 22.7 Å². The number of nitrogens with one attached hydrogen (secondary N) is 1. The predicted molar refractivity (Wildman–Crippen MR) is 85.8 cm³/mol. The van der Waals surface area contributed by atoms with E-state index in [0.29, 0.717) is 16.9 Å². The van der Waals surface area contributed by atoms with Gasteiger partial charge >= 0.3 is 0 Å². The summed E-state index contributed by atoms with van der Waals surface area (Å²) in [6, 6.07) is 6.49. The molecule has 1 N–H and O–H groups in total. The molecule has 2 aliphatic carbocycles. The summed E-state index contributed by atoms with van der Waals surface area (Å²) in [6.45, 7) is 7.27. The van der Waals surface area contributed by atoms with Crippen molar-refractivity contribution in [3.05, 3.63) is 27.7 Å². The van der Waals surface area contributed by atoms with Crippen LogP contribution in [0.3, 0.4) is 0 Å². The van der Waals surface area contributed by atoms with E-state index in [1.54, 1.807) is 0 Å². The zero-order chi connectivity index (χ0) is 13.8. The van der Waals surface area contributed by atoms with Crippen LogP contribution in [0.1, 0.15) is 40.0 Å². The minimum Gasteiger partial charge on any atom is -0.380 e. The van der Waals surface area contributed by atoms with Gasteiger partial charge in [0.05, 0.1) is 5.69 Å². The molecule has 1 nitrogen and oxygen atoms in total. The molecule has 3 unspecified atom stereocenters. The molecule has 1 aromatic rings. The Kier molecular flexibility index (Phi) is 3.18. The van der Waals surface area contributed by atoms with Gasteiger partial charge in [-0.05, 0) is 70.1 Å². The fourth-order valence-electron chi connectivity index (χ4n) is 4.43. The van der Waals surface area contributed by atoms with Gasteiger partial charge in [0.1, 0.15) is 0 Å². The molecule has 0 aliphatic heterocycles. The molecule has 2 aliphatic rings. The smallest absolute Gasteiger partial charge is 0.0502 e. The number of hydrogen-bond acceptors (Lipinski definition) is 1. The molecule has 0 heterocycles. The Hall–Kier alpha value is -0.210. The third kappa shape index (κ3) is 2.12. The van der Waals surface area contributed by atoms with Gasteiger partial charge in [-0.3, -0.25) is 0 Å². The van der Waals surface area contributed by atoms with Gasteiger partial charge in [0.15, 0.2) is 0 Å². The number of halogens is 2. The summed E-state index contributed by atoms with van der Waals surface area (Å²) in [5, 5.41) is 4.57. The SMILES string of the molecule is CC12CCC(C1)C(C)(C)C2Nc1cc(Cl)ccc1Br. The lowest BCUT2D eigenvalue weighted by molar-refractivity contribution is 0.155. The molecule has 0 amide bonds. The quantitative estimate of drug-likeness (QED) is 0.723. The molecule has 3 rings (SSSR count). The fraction of sp³-hybridized carbons (Fsp3) is 0.625. The second kappa shape index (κ2) is 4.39. The summed E-state index contributed by atoms with van der Waals surface area (Å²) < 4.78 is 1.10. The number of rotatable bonds is 2. The first-order valence-corrected chi connectivity index (χ1v) is 8.22. The molecule has 104 valence electrons. The van der Waals surface area contributed by atoms with E-state index in [-0.39, 0.29) is 0 Å². The molecule has 19 heavy (non-hydrogen) atoms. The van der Waals surface area contributed by atoms with Gasteiger partial charge in [-0.1, -0.05) is 32.4 Å². The van der Waals surface area contributed by atoms with Crippen molar-refractivity contribution in [1.82, 2.24) is 0 Å². The molecule has 2 saturated carbocycles. The number of fused-ring (bicyclic) bond motifs is 2. The van der Waals surface area contributed by atoms with E-state index in [4.69, 9.17) is 11.6 Å². The van der Waals surface area contributed by atoms with Crippen molar-refractivity contribution in [2.45, 2.75) is 46.1 Å². The van der Waals surface area contributed by atoms with Gasteiger partial charge in [-0.25, -0.2) is 0 Å². The lowest BCUT2D eigenvalue weighted by atomic mass is 9.68. The average molecular weight is 343 g/mol. The Labute approximate surface area is 129 Å². The van der Waals surface area contributed by atoms with Crippen LogP contribution in [-0.2, 0) is 0 Å². The molecule has 3 atom stereocenters. The van der Waals surface area contributed by atoms with Gasteiger partial charge in [0, 0.05) is 15.5 Å². The first-order valence-electron chi connectivity index (χ1n) is 7.04. The summed E-state index contributed by atoms with van der Waals surface area (Å²) >= 11 is 9.75.